The minimum Gasteiger partial charge on any atom is -0.494 e. The van der Waals surface area contributed by atoms with Gasteiger partial charge in [0.1, 0.15) is 5.75 Å². The van der Waals surface area contributed by atoms with E-state index < -0.39 is 0 Å². The van der Waals surface area contributed by atoms with Gasteiger partial charge in [-0.15, -0.1) is 0 Å². The maximum absolute atomic E-state index is 11.7. The minimum atomic E-state index is -0.0348. The molecule has 2 N–H and O–H groups in total. The lowest BCUT2D eigenvalue weighted by atomic mass is 9.97. The van der Waals surface area contributed by atoms with Crippen molar-refractivity contribution in [1.82, 2.24) is 5.32 Å². The zero-order valence-electron chi connectivity index (χ0n) is 16.2. The van der Waals surface area contributed by atoms with E-state index in [1.807, 2.05) is 31.2 Å². The van der Waals surface area contributed by atoms with Crippen LogP contribution in [0.4, 0.5) is 0 Å². The van der Waals surface area contributed by atoms with Crippen LogP contribution in [-0.4, -0.2) is 30.8 Å². The zero-order valence-corrected chi connectivity index (χ0v) is 16.2. The molecule has 146 valence electrons. The largest absolute Gasteiger partial charge is 0.494 e. The number of nitrogens with one attached hydrogen (secondary N) is 1. The van der Waals surface area contributed by atoms with Crippen LogP contribution in [-0.2, 0) is 11.2 Å². The van der Waals surface area contributed by atoms with Crippen molar-refractivity contribution in [1.29, 1.82) is 0 Å². The van der Waals surface area contributed by atoms with Crippen LogP contribution in [0.25, 0.3) is 0 Å². The number of benzene rings is 2. The molecule has 0 aliphatic carbocycles. The van der Waals surface area contributed by atoms with Crippen molar-refractivity contribution < 1.29 is 14.6 Å². The van der Waals surface area contributed by atoms with Gasteiger partial charge in [0.2, 0.25) is 5.91 Å². The smallest absolute Gasteiger partial charge is 0.220 e. The number of rotatable bonds is 12. The molecule has 1 atom stereocenters. The Morgan fingerprint density at radius 2 is 1.78 bits per heavy atom. The maximum atomic E-state index is 11.7. The Bertz CT molecular complexity index is 655. The molecule has 0 saturated carbocycles. The number of carbonyl (C=O) groups is 1. The van der Waals surface area contributed by atoms with Crippen molar-refractivity contribution in [2.75, 3.05) is 19.8 Å². The van der Waals surface area contributed by atoms with E-state index in [-0.39, 0.29) is 18.4 Å². The third kappa shape index (κ3) is 8.27. The van der Waals surface area contributed by atoms with Crippen molar-refractivity contribution in [2.24, 2.45) is 0 Å². The average Bonchev–Trinajstić information content (AvgIpc) is 2.70. The number of amides is 1. The van der Waals surface area contributed by atoms with Gasteiger partial charge in [-0.1, -0.05) is 49.4 Å². The molecule has 1 amide bonds. The summed E-state index contributed by atoms with van der Waals surface area (Å²) < 4.78 is 5.82. The summed E-state index contributed by atoms with van der Waals surface area (Å²) in [6, 6.07) is 18.6. The second-order valence-electron chi connectivity index (χ2n) is 6.89. The number of aliphatic hydroxyl groups is 1. The first-order chi connectivity index (χ1) is 13.2. The molecule has 0 aromatic heterocycles. The number of unbranched alkanes of at least 4 members (excludes halogenated alkanes) is 2. The van der Waals surface area contributed by atoms with Gasteiger partial charge in [0, 0.05) is 13.0 Å². The molecule has 0 aliphatic rings. The van der Waals surface area contributed by atoms with Gasteiger partial charge in [-0.2, -0.15) is 0 Å². The maximum Gasteiger partial charge on any atom is 0.220 e. The van der Waals surface area contributed by atoms with Crippen molar-refractivity contribution in [3.05, 3.63) is 65.7 Å². The Morgan fingerprint density at radius 3 is 2.48 bits per heavy atom. The van der Waals surface area contributed by atoms with Crippen LogP contribution in [0, 0.1) is 0 Å². The standard InChI is InChI=1S/C23H31NO3/c1-19(18-23(26)24-15-16-25)21-11-13-22(14-12-21)27-17-7-3-6-10-20-8-4-2-5-9-20/h2,4-5,8-9,11-14,19,25H,3,6-7,10,15-18H2,1H3,(H,24,26). The minimum absolute atomic E-state index is 0.0294. The number of carbonyl (C=O) groups excluding carboxylic acids is 1. The first kappa shape index (κ1) is 21.0. The molecule has 0 saturated heterocycles. The van der Waals surface area contributed by atoms with E-state index in [1.165, 1.54) is 12.0 Å². The molecule has 4 heteroatoms. The molecule has 2 rings (SSSR count). The molecule has 0 aliphatic heterocycles. The van der Waals surface area contributed by atoms with Crippen molar-refractivity contribution in [3.8, 4) is 5.75 Å². The van der Waals surface area contributed by atoms with Gasteiger partial charge < -0.3 is 15.2 Å². The summed E-state index contributed by atoms with van der Waals surface area (Å²) >= 11 is 0. The van der Waals surface area contributed by atoms with E-state index in [9.17, 15) is 4.79 Å². The van der Waals surface area contributed by atoms with Crippen LogP contribution in [0.1, 0.15) is 49.7 Å². The van der Waals surface area contributed by atoms with Crippen LogP contribution in [0.3, 0.4) is 0 Å². The molecule has 2 aromatic rings. The van der Waals surface area contributed by atoms with Crippen LogP contribution in [0.15, 0.2) is 54.6 Å². The fourth-order valence-corrected chi connectivity index (χ4v) is 3.00. The molecule has 0 fully saturated rings. The first-order valence-electron chi connectivity index (χ1n) is 9.83. The summed E-state index contributed by atoms with van der Waals surface area (Å²) in [6.45, 7) is 3.04. The quantitative estimate of drug-likeness (QED) is 0.554. The summed E-state index contributed by atoms with van der Waals surface area (Å²) in [7, 11) is 0. The number of hydrogen-bond acceptors (Lipinski definition) is 3. The van der Waals surface area contributed by atoms with Gasteiger partial charge in [-0.3, -0.25) is 4.79 Å². The highest BCUT2D eigenvalue weighted by atomic mass is 16.5. The van der Waals surface area contributed by atoms with Crippen LogP contribution < -0.4 is 10.1 Å². The summed E-state index contributed by atoms with van der Waals surface area (Å²) in [4.78, 5) is 11.7. The van der Waals surface area contributed by atoms with E-state index >= 15 is 0 Å². The Kier molecular flexibility index (Phi) is 9.42. The third-order valence-electron chi connectivity index (χ3n) is 4.60. The first-order valence-corrected chi connectivity index (χ1v) is 9.83. The van der Waals surface area contributed by atoms with Gasteiger partial charge >= 0.3 is 0 Å². The molecule has 0 bridgehead atoms. The number of aliphatic hydroxyl groups excluding tert-OH is 1. The Morgan fingerprint density at radius 1 is 1.04 bits per heavy atom. The van der Waals surface area contributed by atoms with Gasteiger partial charge in [-0.05, 0) is 54.9 Å². The second kappa shape index (κ2) is 12.1. The summed E-state index contributed by atoms with van der Waals surface area (Å²) in [5, 5.41) is 11.4. The highest BCUT2D eigenvalue weighted by molar-refractivity contribution is 5.76. The predicted octanol–water partition coefficient (Wildman–Crippen LogP) is 4.08. The van der Waals surface area contributed by atoms with Gasteiger partial charge in [0.15, 0.2) is 0 Å². The van der Waals surface area contributed by atoms with Gasteiger partial charge in [-0.25, -0.2) is 0 Å². The summed E-state index contributed by atoms with van der Waals surface area (Å²) in [6.07, 6.45) is 4.94. The van der Waals surface area contributed by atoms with Crippen molar-refractivity contribution >= 4 is 5.91 Å². The average molecular weight is 370 g/mol. The monoisotopic (exact) mass is 369 g/mol. The molecule has 27 heavy (non-hydrogen) atoms. The second-order valence-corrected chi connectivity index (χ2v) is 6.89. The summed E-state index contributed by atoms with van der Waals surface area (Å²) in [5.74, 6) is 0.974. The number of ether oxygens (including phenoxy) is 1. The van der Waals surface area contributed by atoms with Crippen LogP contribution in [0.5, 0.6) is 5.75 Å². The lowest BCUT2D eigenvalue weighted by Gasteiger charge is -2.13. The molecule has 0 radical (unpaired) electrons. The molecule has 0 spiro atoms. The van der Waals surface area contributed by atoms with E-state index in [0.717, 1.165) is 37.2 Å². The normalized spacial score (nSPS) is 11.8. The van der Waals surface area contributed by atoms with Crippen molar-refractivity contribution in [3.63, 3.8) is 0 Å². The highest BCUT2D eigenvalue weighted by Crippen LogP contribution is 2.22. The highest BCUT2D eigenvalue weighted by Gasteiger charge is 2.11. The molecular weight excluding hydrogens is 338 g/mol. The van der Waals surface area contributed by atoms with Crippen LogP contribution in [0.2, 0.25) is 0 Å². The van der Waals surface area contributed by atoms with E-state index in [2.05, 4.69) is 35.6 Å². The predicted molar refractivity (Wildman–Crippen MR) is 109 cm³/mol. The van der Waals surface area contributed by atoms with Gasteiger partial charge in [0.25, 0.3) is 0 Å². The molecular formula is C23H31NO3. The van der Waals surface area contributed by atoms with E-state index in [1.54, 1.807) is 0 Å². The zero-order chi connectivity index (χ0) is 19.3. The Balaban J connectivity index is 1.62. The molecule has 4 nitrogen and oxygen atoms in total. The lowest BCUT2D eigenvalue weighted by molar-refractivity contribution is -0.121. The SMILES string of the molecule is CC(CC(=O)NCCO)c1ccc(OCCCCCc2ccccc2)cc1. The summed E-state index contributed by atoms with van der Waals surface area (Å²) in [5.41, 5.74) is 2.51. The number of hydrogen-bond donors (Lipinski definition) is 2. The fourth-order valence-electron chi connectivity index (χ4n) is 3.00. The molecule has 1 unspecified atom stereocenters. The lowest BCUT2D eigenvalue weighted by Crippen LogP contribution is -2.27. The van der Waals surface area contributed by atoms with Gasteiger partial charge in [0.05, 0.1) is 13.2 Å². The Labute approximate surface area is 162 Å². The molecule has 2 aromatic carbocycles. The van der Waals surface area contributed by atoms with E-state index in [0.29, 0.717) is 13.0 Å². The van der Waals surface area contributed by atoms with Crippen LogP contribution >= 0.6 is 0 Å². The fraction of sp³-hybridized carbons (Fsp3) is 0.435. The third-order valence-corrected chi connectivity index (χ3v) is 4.60. The topological polar surface area (TPSA) is 58.6 Å². The molecule has 0 heterocycles. The number of aryl methyl sites for hydroxylation is 1. The van der Waals surface area contributed by atoms with E-state index in [4.69, 9.17) is 9.84 Å². The van der Waals surface area contributed by atoms with Crippen molar-refractivity contribution in [2.45, 2.75) is 44.9 Å². The Hall–Kier alpha value is -2.33.